The molecule has 2 aliphatic rings. The number of likely N-dealkylation sites (N-methyl/N-ethyl adjacent to an activating group) is 1. The fourth-order valence-corrected chi connectivity index (χ4v) is 2.94. The molecule has 0 aromatic rings. The molecule has 0 radical (unpaired) electrons. The third-order valence-corrected chi connectivity index (χ3v) is 4.27. The zero-order valence-corrected chi connectivity index (χ0v) is 11.3. The first kappa shape index (κ1) is 12.8. The van der Waals surface area contributed by atoms with Gasteiger partial charge in [-0.25, -0.2) is 0 Å². The van der Waals surface area contributed by atoms with E-state index in [1.165, 1.54) is 12.8 Å². The minimum absolute atomic E-state index is 0.306. The molecule has 2 saturated heterocycles. The largest absolute Gasteiger partial charge is 0.339 e. The van der Waals surface area contributed by atoms with Gasteiger partial charge in [0.25, 0.3) is 0 Å². The second-order valence-corrected chi connectivity index (χ2v) is 5.87. The Balaban J connectivity index is 1.96. The van der Waals surface area contributed by atoms with Crippen molar-refractivity contribution in [1.29, 1.82) is 0 Å². The SMILES string of the molecule is CN(C)C1CCN(C(=O)C2(C)CCCCN2)C1. The second-order valence-electron chi connectivity index (χ2n) is 5.87. The van der Waals surface area contributed by atoms with Crippen LogP contribution in [0.4, 0.5) is 0 Å². The molecule has 2 fully saturated rings. The summed E-state index contributed by atoms with van der Waals surface area (Å²) >= 11 is 0. The smallest absolute Gasteiger partial charge is 0.242 e. The highest BCUT2D eigenvalue weighted by molar-refractivity contribution is 5.86. The van der Waals surface area contributed by atoms with Crippen LogP contribution in [-0.2, 0) is 4.79 Å². The van der Waals surface area contributed by atoms with Crippen LogP contribution >= 0.6 is 0 Å². The molecule has 4 nitrogen and oxygen atoms in total. The minimum atomic E-state index is -0.306. The van der Waals surface area contributed by atoms with Crippen molar-refractivity contribution in [3.8, 4) is 0 Å². The summed E-state index contributed by atoms with van der Waals surface area (Å²) < 4.78 is 0. The highest BCUT2D eigenvalue weighted by Gasteiger charge is 2.40. The predicted molar refractivity (Wildman–Crippen MR) is 68.9 cm³/mol. The highest BCUT2D eigenvalue weighted by Crippen LogP contribution is 2.24. The number of hydrogen-bond acceptors (Lipinski definition) is 3. The Morgan fingerprint density at radius 2 is 2.18 bits per heavy atom. The Morgan fingerprint density at radius 1 is 1.41 bits per heavy atom. The third-order valence-electron chi connectivity index (χ3n) is 4.27. The molecule has 0 aromatic heterocycles. The van der Waals surface area contributed by atoms with E-state index in [9.17, 15) is 4.79 Å². The molecule has 0 aliphatic carbocycles. The molecule has 0 aromatic carbocycles. The molecular formula is C13H25N3O. The normalized spacial score (nSPS) is 34.4. The van der Waals surface area contributed by atoms with E-state index in [0.29, 0.717) is 11.9 Å². The molecular weight excluding hydrogens is 214 g/mol. The van der Waals surface area contributed by atoms with E-state index in [4.69, 9.17) is 0 Å². The number of carbonyl (C=O) groups excluding carboxylic acids is 1. The van der Waals surface area contributed by atoms with Crippen molar-refractivity contribution < 1.29 is 4.79 Å². The van der Waals surface area contributed by atoms with E-state index >= 15 is 0 Å². The number of nitrogens with one attached hydrogen (secondary N) is 1. The van der Waals surface area contributed by atoms with E-state index in [0.717, 1.165) is 32.5 Å². The van der Waals surface area contributed by atoms with Crippen molar-refractivity contribution in [3.05, 3.63) is 0 Å². The lowest BCUT2D eigenvalue weighted by atomic mass is 9.89. The summed E-state index contributed by atoms with van der Waals surface area (Å²) in [6, 6.07) is 0.533. The Kier molecular flexibility index (Phi) is 3.73. The van der Waals surface area contributed by atoms with Gasteiger partial charge in [0.15, 0.2) is 0 Å². The molecule has 2 heterocycles. The van der Waals surface area contributed by atoms with Crippen LogP contribution in [0.3, 0.4) is 0 Å². The number of piperidine rings is 1. The van der Waals surface area contributed by atoms with E-state index in [1.54, 1.807) is 0 Å². The van der Waals surface area contributed by atoms with Gasteiger partial charge in [0.1, 0.15) is 0 Å². The molecule has 0 bridgehead atoms. The minimum Gasteiger partial charge on any atom is -0.339 e. The van der Waals surface area contributed by atoms with E-state index < -0.39 is 0 Å². The van der Waals surface area contributed by atoms with Crippen molar-refractivity contribution in [1.82, 2.24) is 15.1 Å². The lowest BCUT2D eigenvalue weighted by Gasteiger charge is -2.36. The fourth-order valence-electron chi connectivity index (χ4n) is 2.94. The number of nitrogens with zero attached hydrogens (tertiary/aromatic N) is 2. The number of hydrogen-bond donors (Lipinski definition) is 1. The summed E-state index contributed by atoms with van der Waals surface area (Å²) in [6.45, 7) is 4.85. The van der Waals surface area contributed by atoms with E-state index in [2.05, 4.69) is 31.2 Å². The maximum absolute atomic E-state index is 12.5. The molecule has 2 aliphatic heterocycles. The Labute approximate surface area is 104 Å². The van der Waals surface area contributed by atoms with Crippen LogP contribution < -0.4 is 5.32 Å². The first-order valence-corrected chi connectivity index (χ1v) is 6.74. The molecule has 98 valence electrons. The van der Waals surface area contributed by atoms with Crippen molar-refractivity contribution >= 4 is 5.91 Å². The van der Waals surface area contributed by atoms with Gasteiger partial charge in [0.05, 0.1) is 5.54 Å². The Bertz CT molecular complexity index is 284. The third kappa shape index (κ3) is 2.63. The quantitative estimate of drug-likeness (QED) is 0.770. The highest BCUT2D eigenvalue weighted by atomic mass is 16.2. The van der Waals surface area contributed by atoms with Crippen LogP contribution in [-0.4, -0.2) is 61.0 Å². The molecule has 1 amide bonds. The number of amides is 1. The van der Waals surface area contributed by atoms with Gasteiger partial charge in [-0.2, -0.15) is 0 Å². The van der Waals surface area contributed by atoms with Gasteiger partial charge in [-0.3, -0.25) is 4.79 Å². The molecule has 2 rings (SSSR count). The Morgan fingerprint density at radius 3 is 2.71 bits per heavy atom. The molecule has 17 heavy (non-hydrogen) atoms. The maximum atomic E-state index is 12.5. The standard InChI is InChI=1S/C13H25N3O/c1-13(7-4-5-8-14-13)12(17)16-9-6-11(10-16)15(2)3/h11,14H,4-10H2,1-3H3. The van der Waals surface area contributed by atoms with Crippen molar-refractivity contribution in [2.24, 2.45) is 0 Å². The average molecular weight is 239 g/mol. The van der Waals surface area contributed by atoms with Gasteiger partial charge in [-0.15, -0.1) is 0 Å². The zero-order valence-electron chi connectivity index (χ0n) is 11.3. The van der Waals surface area contributed by atoms with Crippen LogP contribution in [0.1, 0.15) is 32.6 Å². The zero-order chi connectivity index (χ0) is 12.5. The van der Waals surface area contributed by atoms with Crippen LogP contribution in [0.15, 0.2) is 0 Å². The lowest BCUT2D eigenvalue weighted by Crippen LogP contribution is -2.57. The van der Waals surface area contributed by atoms with Gasteiger partial charge in [0.2, 0.25) is 5.91 Å². The second kappa shape index (κ2) is 4.94. The summed E-state index contributed by atoms with van der Waals surface area (Å²) in [7, 11) is 4.19. The van der Waals surface area contributed by atoms with Crippen molar-refractivity contribution in [2.75, 3.05) is 33.7 Å². The van der Waals surface area contributed by atoms with Crippen LogP contribution in [0, 0.1) is 0 Å². The molecule has 2 atom stereocenters. The lowest BCUT2D eigenvalue weighted by molar-refractivity contribution is -0.137. The number of carbonyl (C=O) groups is 1. The monoisotopic (exact) mass is 239 g/mol. The molecule has 0 saturated carbocycles. The summed E-state index contributed by atoms with van der Waals surface area (Å²) in [5.74, 6) is 0.307. The molecule has 2 unspecified atom stereocenters. The van der Waals surface area contributed by atoms with Crippen LogP contribution in [0.2, 0.25) is 0 Å². The summed E-state index contributed by atoms with van der Waals surface area (Å²) in [6.07, 6.45) is 4.45. The Hall–Kier alpha value is -0.610. The van der Waals surface area contributed by atoms with Gasteiger partial charge in [0, 0.05) is 19.1 Å². The summed E-state index contributed by atoms with van der Waals surface area (Å²) in [4.78, 5) is 16.8. The number of rotatable bonds is 2. The maximum Gasteiger partial charge on any atom is 0.242 e. The molecule has 4 heteroatoms. The summed E-state index contributed by atoms with van der Waals surface area (Å²) in [5.41, 5.74) is -0.306. The molecule has 1 N–H and O–H groups in total. The van der Waals surface area contributed by atoms with E-state index in [1.807, 2.05) is 4.90 Å². The van der Waals surface area contributed by atoms with Gasteiger partial charge >= 0.3 is 0 Å². The van der Waals surface area contributed by atoms with Gasteiger partial charge < -0.3 is 15.1 Å². The first-order chi connectivity index (χ1) is 8.03. The van der Waals surface area contributed by atoms with Crippen molar-refractivity contribution in [3.63, 3.8) is 0 Å². The fraction of sp³-hybridized carbons (Fsp3) is 0.923. The topological polar surface area (TPSA) is 35.6 Å². The van der Waals surface area contributed by atoms with E-state index in [-0.39, 0.29) is 5.54 Å². The van der Waals surface area contributed by atoms with Gasteiger partial charge in [-0.05, 0) is 53.2 Å². The number of likely N-dealkylation sites (tertiary alicyclic amines) is 1. The summed E-state index contributed by atoms with van der Waals surface area (Å²) in [5, 5.41) is 3.41. The molecule has 0 spiro atoms. The first-order valence-electron chi connectivity index (χ1n) is 6.74. The van der Waals surface area contributed by atoms with Crippen LogP contribution in [0.5, 0.6) is 0 Å². The van der Waals surface area contributed by atoms with Crippen LogP contribution in [0.25, 0.3) is 0 Å². The van der Waals surface area contributed by atoms with Crippen molar-refractivity contribution in [2.45, 2.75) is 44.2 Å². The van der Waals surface area contributed by atoms with Gasteiger partial charge in [-0.1, -0.05) is 0 Å². The average Bonchev–Trinajstić information content (AvgIpc) is 2.78. The predicted octanol–water partition coefficient (Wildman–Crippen LogP) is 0.681.